The third-order valence-electron chi connectivity index (χ3n) is 3.07. The Morgan fingerprint density at radius 1 is 1.00 bits per heavy atom. The van der Waals surface area contributed by atoms with Crippen LogP contribution in [-0.2, 0) is 20.2 Å². The van der Waals surface area contributed by atoms with Crippen molar-refractivity contribution in [2.75, 3.05) is 5.01 Å². The molecule has 0 saturated heterocycles. The molecule has 0 radical (unpaired) electrons. The number of hydrogen-bond acceptors (Lipinski definition) is 7. The fraction of sp³-hybridized carbons (Fsp3) is 0. The third kappa shape index (κ3) is 3.45. The molecule has 0 unspecified atom stereocenters. The minimum absolute atomic E-state index is 0.0180. The van der Waals surface area contributed by atoms with E-state index < -0.39 is 36.1 Å². The van der Waals surface area contributed by atoms with Gasteiger partial charge in [-0.05, 0) is 29.7 Å². The summed E-state index contributed by atoms with van der Waals surface area (Å²) in [5.41, 5.74) is 1.56. The number of nitrogens with zero attached hydrogens (tertiary/aromatic N) is 1. The van der Waals surface area contributed by atoms with Crippen LogP contribution in [0.1, 0.15) is 0 Å². The first-order chi connectivity index (χ1) is 10.9. The molecule has 0 aromatic heterocycles. The van der Waals surface area contributed by atoms with Crippen molar-refractivity contribution < 1.29 is 30.7 Å². The summed E-state index contributed by atoms with van der Waals surface area (Å²) in [6.45, 7) is 0. The van der Waals surface area contributed by atoms with Gasteiger partial charge in [-0.1, -0.05) is 6.07 Å². The molecule has 0 spiro atoms. The summed E-state index contributed by atoms with van der Waals surface area (Å²) >= 11 is 0. The molecule has 24 heavy (non-hydrogen) atoms. The fourth-order valence-corrected chi connectivity index (χ4v) is 3.04. The molecule has 0 aliphatic rings. The summed E-state index contributed by atoms with van der Waals surface area (Å²) in [6.07, 6.45) is 0. The molecule has 0 aliphatic carbocycles. The molecular formula is C11H12N4O7S2. The lowest BCUT2D eigenvalue weighted by atomic mass is 10.1. The monoisotopic (exact) mass is 376 g/mol. The van der Waals surface area contributed by atoms with E-state index in [2.05, 4.69) is 0 Å². The Hall–Kier alpha value is -2.29. The largest absolute Gasteiger partial charge is 0.350 e. The molecule has 13 heteroatoms. The molecule has 2 aromatic rings. The molecule has 11 nitrogen and oxygen atoms in total. The molecule has 2 amide bonds. The van der Waals surface area contributed by atoms with Crippen LogP contribution in [0.15, 0.2) is 40.1 Å². The van der Waals surface area contributed by atoms with Crippen molar-refractivity contribution in [2.45, 2.75) is 9.79 Å². The van der Waals surface area contributed by atoms with Crippen LogP contribution >= 0.6 is 0 Å². The average molecular weight is 376 g/mol. The number of anilines is 1. The van der Waals surface area contributed by atoms with Gasteiger partial charge in [0.1, 0.15) is 0 Å². The van der Waals surface area contributed by atoms with Crippen LogP contribution < -0.4 is 22.1 Å². The number of fused-ring (bicyclic) bond motifs is 1. The molecule has 0 fully saturated rings. The van der Waals surface area contributed by atoms with Crippen molar-refractivity contribution in [2.24, 2.45) is 11.7 Å². The summed E-state index contributed by atoms with van der Waals surface area (Å²) in [6, 6.07) is 4.05. The molecule has 2 aromatic carbocycles. The van der Waals surface area contributed by atoms with Crippen LogP contribution in [0.4, 0.5) is 10.5 Å². The van der Waals surface area contributed by atoms with E-state index in [1.54, 1.807) is 5.43 Å². The minimum Gasteiger partial charge on any atom is -0.282 e. The van der Waals surface area contributed by atoms with E-state index in [-0.39, 0.29) is 16.5 Å². The van der Waals surface area contributed by atoms with Gasteiger partial charge in [0, 0.05) is 5.39 Å². The molecule has 0 saturated carbocycles. The van der Waals surface area contributed by atoms with Gasteiger partial charge in [0.05, 0.1) is 15.5 Å². The van der Waals surface area contributed by atoms with Crippen molar-refractivity contribution in [1.82, 2.24) is 5.43 Å². The third-order valence-corrected chi connectivity index (χ3v) is 4.75. The zero-order valence-corrected chi connectivity index (χ0v) is 13.4. The molecule has 0 atom stereocenters. The first-order valence-corrected chi connectivity index (χ1v) is 8.91. The molecular weight excluding hydrogens is 364 g/mol. The fourth-order valence-electron chi connectivity index (χ4n) is 1.99. The number of rotatable bonds is 3. The average Bonchev–Trinajstić information content (AvgIpc) is 2.49. The van der Waals surface area contributed by atoms with Crippen molar-refractivity contribution in [3.8, 4) is 0 Å². The van der Waals surface area contributed by atoms with Gasteiger partial charge >= 0.3 is 6.03 Å². The minimum atomic E-state index is -4.69. The number of hydrogen-bond donors (Lipinski definition) is 5. The topological polar surface area (TPSA) is 193 Å². The van der Waals surface area contributed by atoms with Crippen molar-refractivity contribution in [3.05, 3.63) is 30.3 Å². The maximum atomic E-state index is 11.6. The normalized spacial score (nSPS) is 12.2. The van der Waals surface area contributed by atoms with E-state index in [1.165, 1.54) is 6.07 Å². The maximum Gasteiger partial charge on any atom is 0.350 e. The number of nitrogens with one attached hydrogen (secondary N) is 1. The van der Waals surface area contributed by atoms with Crippen LogP contribution in [0.5, 0.6) is 0 Å². The lowest BCUT2D eigenvalue weighted by Crippen LogP contribution is -2.47. The van der Waals surface area contributed by atoms with E-state index in [0.29, 0.717) is 5.01 Å². The number of benzene rings is 2. The smallest absolute Gasteiger partial charge is 0.282 e. The standard InChI is InChI=1S/C11H12N4O7S2/c12-14-11(16)15(13)10-5-8(24(20,21)22)4-6-3-7(23(17,18)19)1-2-9(6)10/h1-5H,12-13H2,(H,14,16)(H,17,18,19)(H,20,21,22). The Bertz CT molecular complexity index is 1030. The van der Waals surface area contributed by atoms with Gasteiger partial charge in [0.2, 0.25) is 0 Å². The zero-order valence-electron chi connectivity index (χ0n) is 11.7. The number of amides is 2. The van der Waals surface area contributed by atoms with Gasteiger partial charge in [-0.3, -0.25) is 14.5 Å². The molecule has 0 heterocycles. The van der Waals surface area contributed by atoms with E-state index >= 15 is 0 Å². The predicted molar refractivity (Wildman–Crippen MR) is 83.0 cm³/mol. The summed E-state index contributed by atoms with van der Waals surface area (Å²) in [7, 11) is -9.24. The Balaban J connectivity index is 2.88. The van der Waals surface area contributed by atoms with Crippen LogP contribution in [0.2, 0.25) is 0 Å². The molecule has 130 valence electrons. The van der Waals surface area contributed by atoms with E-state index in [9.17, 15) is 26.2 Å². The van der Waals surface area contributed by atoms with E-state index in [1.807, 2.05) is 0 Å². The molecule has 2 rings (SSSR count). The highest BCUT2D eigenvalue weighted by atomic mass is 32.2. The molecule has 0 bridgehead atoms. The lowest BCUT2D eigenvalue weighted by molar-refractivity contribution is 0.246. The van der Waals surface area contributed by atoms with Crippen LogP contribution in [0.3, 0.4) is 0 Å². The van der Waals surface area contributed by atoms with Gasteiger partial charge in [0.15, 0.2) is 0 Å². The molecule has 7 N–H and O–H groups in total. The molecule has 0 aliphatic heterocycles. The van der Waals surface area contributed by atoms with Gasteiger partial charge < -0.3 is 0 Å². The number of urea groups is 1. The highest BCUT2D eigenvalue weighted by Gasteiger charge is 2.20. The van der Waals surface area contributed by atoms with Crippen molar-refractivity contribution >= 4 is 42.7 Å². The van der Waals surface area contributed by atoms with Crippen LogP contribution in [0.25, 0.3) is 10.8 Å². The van der Waals surface area contributed by atoms with Crippen LogP contribution in [0, 0.1) is 0 Å². The highest BCUT2D eigenvalue weighted by Crippen LogP contribution is 2.31. The summed E-state index contributed by atoms with van der Waals surface area (Å²) < 4.78 is 63.4. The van der Waals surface area contributed by atoms with Crippen LogP contribution in [-0.4, -0.2) is 32.0 Å². The Morgan fingerprint density at radius 3 is 2.04 bits per heavy atom. The second kappa shape index (κ2) is 5.97. The summed E-state index contributed by atoms with van der Waals surface area (Å²) in [5, 5.41) is 0.626. The second-order valence-corrected chi connectivity index (χ2v) is 7.44. The lowest BCUT2D eigenvalue weighted by Gasteiger charge is -2.19. The maximum absolute atomic E-state index is 11.6. The number of nitrogens with two attached hydrogens (primary N) is 2. The first kappa shape index (κ1) is 18.1. The quantitative estimate of drug-likeness (QED) is 0.205. The Kier molecular flexibility index (Phi) is 4.49. The highest BCUT2D eigenvalue weighted by molar-refractivity contribution is 7.86. The van der Waals surface area contributed by atoms with Gasteiger partial charge in [-0.25, -0.2) is 21.5 Å². The Morgan fingerprint density at radius 2 is 1.54 bits per heavy atom. The van der Waals surface area contributed by atoms with Gasteiger partial charge in [-0.15, -0.1) is 0 Å². The number of hydrazine groups is 2. The predicted octanol–water partition coefficient (Wildman–Crippen LogP) is -0.403. The Labute approximate surface area is 136 Å². The zero-order chi connectivity index (χ0) is 18.3. The SMILES string of the molecule is NNC(=O)N(N)c1cc(S(=O)(=O)O)cc2cc(S(=O)(=O)O)ccc12. The van der Waals surface area contributed by atoms with Crippen molar-refractivity contribution in [3.63, 3.8) is 0 Å². The van der Waals surface area contributed by atoms with Gasteiger partial charge in [0.25, 0.3) is 20.2 Å². The van der Waals surface area contributed by atoms with Gasteiger partial charge in [-0.2, -0.15) is 16.8 Å². The first-order valence-electron chi connectivity index (χ1n) is 6.03. The van der Waals surface area contributed by atoms with Crippen molar-refractivity contribution in [1.29, 1.82) is 0 Å². The number of carbonyl (C=O) groups excluding carboxylic acids is 1. The van der Waals surface area contributed by atoms with E-state index in [0.717, 1.165) is 24.3 Å². The van der Waals surface area contributed by atoms with E-state index in [4.69, 9.17) is 16.2 Å². The second-order valence-electron chi connectivity index (χ2n) is 4.59. The summed E-state index contributed by atoms with van der Waals surface area (Å²) in [4.78, 5) is 10.4. The number of carbonyl (C=O) groups is 1. The summed E-state index contributed by atoms with van der Waals surface area (Å²) in [5.74, 6) is 10.5.